The zero-order chi connectivity index (χ0) is 26.4. The second-order valence-corrected chi connectivity index (χ2v) is 9.18. The molecule has 0 rings (SSSR count). The third-order valence-electron chi connectivity index (χ3n) is 4.84. The van der Waals surface area contributed by atoms with Crippen LogP contribution < -0.4 is 33.2 Å². The van der Waals surface area contributed by atoms with E-state index in [2.05, 4.69) is 20.9 Å². The van der Waals surface area contributed by atoms with Crippen LogP contribution in [0, 0.1) is 5.92 Å². The number of aliphatic hydroxyl groups is 1. The van der Waals surface area contributed by atoms with Crippen LogP contribution in [0.5, 0.6) is 0 Å². The highest BCUT2D eigenvalue weighted by Gasteiger charge is 2.32. The van der Waals surface area contributed by atoms with E-state index in [-0.39, 0.29) is 18.9 Å². The highest BCUT2D eigenvalue weighted by atomic mass is 32.2. The van der Waals surface area contributed by atoms with E-state index in [9.17, 15) is 29.4 Å². The summed E-state index contributed by atoms with van der Waals surface area (Å²) in [5.41, 5.74) is 16.4. The Bertz CT molecular complexity index is 716. The van der Waals surface area contributed by atoms with E-state index in [0.717, 1.165) is 0 Å². The van der Waals surface area contributed by atoms with E-state index < -0.39 is 59.9 Å². The fraction of sp³-hybridized carbons (Fsp3) is 0.750. The molecule has 5 atom stereocenters. The summed E-state index contributed by atoms with van der Waals surface area (Å²) in [6, 6.07) is -4.58. The predicted octanol–water partition coefficient (Wildman–Crippen LogP) is -2.30. The maximum absolute atomic E-state index is 12.9. The largest absolute Gasteiger partial charge is 0.480 e. The Balaban J connectivity index is 5.50. The van der Waals surface area contributed by atoms with Gasteiger partial charge >= 0.3 is 5.97 Å². The standard InChI is InChI=1S/C20H39N7O6S/c1-10(2)14(19(32)33)26-17(30)13(6-5-8-24-20(22)23)25-18(31)15(11(3)28)27-16(29)12(21)7-9-34-4/h10-15,28H,5-9,21H2,1-4H3,(H,25,31)(H,26,30)(H,27,29)(H,32,33)(H4,22,23,24). The average molecular weight is 506 g/mol. The van der Waals surface area contributed by atoms with Gasteiger partial charge in [0.15, 0.2) is 5.96 Å². The summed E-state index contributed by atoms with van der Waals surface area (Å²) in [6.45, 7) is 4.75. The Morgan fingerprint density at radius 1 is 0.941 bits per heavy atom. The summed E-state index contributed by atoms with van der Waals surface area (Å²) >= 11 is 1.51. The number of aliphatic hydroxyl groups excluding tert-OH is 1. The van der Waals surface area contributed by atoms with Crippen molar-refractivity contribution in [2.45, 2.75) is 70.3 Å². The highest BCUT2D eigenvalue weighted by molar-refractivity contribution is 7.98. The van der Waals surface area contributed by atoms with Gasteiger partial charge in [0.1, 0.15) is 18.1 Å². The molecule has 34 heavy (non-hydrogen) atoms. The number of carboxylic acids is 1. The van der Waals surface area contributed by atoms with Crippen molar-refractivity contribution in [3.8, 4) is 0 Å². The molecule has 0 aromatic rings. The molecule has 0 radical (unpaired) electrons. The highest BCUT2D eigenvalue weighted by Crippen LogP contribution is 2.07. The van der Waals surface area contributed by atoms with Gasteiger partial charge in [-0.15, -0.1) is 0 Å². The molecule has 196 valence electrons. The van der Waals surface area contributed by atoms with Gasteiger partial charge in [0.05, 0.1) is 12.1 Å². The van der Waals surface area contributed by atoms with E-state index in [1.165, 1.54) is 18.7 Å². The number of carboxylic acid groups (broad SMARTS) is 1. The van der Waals surface area contributed by atoms with E-state index in [0.29, 0.717) is 18.6 Å². The molecule has 0 saturated carbocycles. The summed E-state index contributed by atoms with van der Waals surface area (Å²) in [7, 11) is 0. The van der Waals surface area contributed by atoms with Crippen LogP contribution >= 0.6 is 11.8 Å². The van der Waals surface area contributed by atoms with Gasteiger partial charge in [0.2, 0.25) is 17.7 Å². The Morgan fingerprint density at radius 2 is 1.53 bits per heavy atom. The SMILES string of the molecule is CSCCC(N)C(=O)NC(C(=O)NC(CCCN=C(N)N)C(=O)NC(C(=O)O)C(C)C)C(C)O. The first kappa shape index (κ1) is 31.4. The van der Waals surface area contributed by atoms with Crippen molar-refractivity contribution < 1.29 is 29.4 Å². The van der Waals surface area contributed by atoms with Crippen molar-refractivity contribution in [1.82, 2.24) is 16.0 Å². The van der Waals surface area contributed by atoms with Crippen LogP contribution in [0.15, 0.2) is 4.99 Å². The lowest BCUT2D eigenvalue weighted by atomic mass is 10.0. The molecule has 13 nitrogen and oxygen atoms in total. The third-order valence-corrected chi connectivity index (χ3v) is 5.49. The second kappa shape index (κ2) is 16.1. The van der Waals surface area contributed by atoms with Crippen LogP contribution in [-0.4, -0.2) is 88.7 Å². The second-order valence-electron chi connectivity index (χ2n) is 8.19. The minimum atomic E-state index is -1.37. The molecule has 3 amide bonds. The molecule has 0 bridgehead atoms. The number of aliphatic carboxylic acids is 1. The smallest absolute Gasteiger partial charge is 0.326 e. The van der Waals surface area contributed by atoms with Crippen LogP contribution in [0.25, 0.3) is 0 Å². The summed E-state index contributed by atoms with van der Waals surface area (Å²) in [5, 5.41) is 26.7. The third kappa shape index (κ3) is 12.0. The molecule has 0 aromatic heterocycles. The van der Waals surface area contributed by atoms with Gasteiger partial charge < -0.3 is 43.4 Å². The number of amides is 3. The van der Waals surface area contributed by atoms with Crippen LogP contribution in [-0.2, 0) is 19.2 Å². The number of carbonyl (C=O) groups is 4. The van der Waals surface area contributed by atoms with Gasteiger partial charge in [-0.1, -0.05) is 13.8 Å². The Labute approximate surface area is 204 Å². The van der Waals surface area contributed by atoms with Gasteiger partial charge in [-0.2, -0.15) is 11.8 Å². The number of nitrogens with zero attached hydrogens (tertiary/aromatic N) is 1. The fourth-order valence-corrected chi connectivity index (χ4v) is 3.33. The first-order chi connectivity index (χ1) is 15.8. The molecular formula is C20H39N7O6S. The summed E-state index contributed by atoms with van der Waals surface area (Å²) in [5.74, 6) is -3.29. The molecule has 0 aliphatic carbocycles. The van der Waals surface area contributed by atoms with E-state index in [1.807, 2.05) is 6.26 Å². The molecule has 0 saturated heterocycles. The van der Waals surface area contributed by atoms with Crippen LogP contribution in [0.1, 0.15) is 40.0 Å². The van der Waals surface area contributed by atoms with E-state index >= 15 is 0 Å². The number of hydrogen-bond acceptors (Lipinski definition) is 8. The maximum atomic E-state index is 12.9. The fourth-order valence-electron chi connectivity index (χ4n) is 2.84. The lowest BCUT2D eigenvalue weighted by Crippen LogP contribution is -2.60. The molecule has 11 N–H and O–H groups in total. The van der Waals surface area contributed by atoms with Gasteiger partial charge in [0.25, 0.3) is 0 Å². The summed E-state index contributed by atoms with van der Waals surface area (Å²) in [4.78, 5) is 53.3. The number of nitrogens with two attached hydrogens (primary N) is 3. The number of guanidine groups is 1. The summed E-state index contributed by atoms with van der Waals surface area (Å²) in [6.07, 6.45) is 1.32. The number of nitrogens with one attached hydrogen (secondary N) is 3. The first-order valence-electron chi connectivity index (χ1n) is 10.9. The number of thioether (sulfide) groups is 1. The van der Waals surface area contributed by atoms with Gasteiger partial charge in [-0.05, 0) is 44.1 Å². The van der Waals surface area contributed by atoms with E-state index in [4.69, 9.17) is 17.2 Å². The lowest BCUT2D eigenvalue weighted by molar-refractivity contribution is -0.143. The van der Waals surface area contributed by atoms with Crippen molar-refractivity contribution in [3.05, 3.63) is 0 Å². The van der Waals surface area contributed by atoms with Crippen LogP contribution in [0.3, 0.4) is 0 Å². The normalized spacial score (nSPS) is 15.4. The quantitative estimate of drug-likeness (QED) is 0.0634. The van der Waals surface area contributed by atoms with Crippen molar-refractivity contribution in [3.63, 3.8) is 0 Å². The first-order valence-corrected chi connectivity index (χ1v) is 12.3. The predicted molar refractivity (Wildman–Crippen MR) is 131 cm³/mol. The summed E-state index contributed by atoms with van der Waals surface area (Å²) < 4.78 is 0. The maximum Gasteiger partial charge on any atom is 0.326 e. The zero-order valence-corrected chi connectivity index (χ0v) is 20.9. The minimum Gasteiger partial charge on any atom is -0.480 e. The van der Waals surface area contributed by atoms with E-state index in [1.54, 1.807) is 13.8 Å². The molecule has 0 heterocycles. The van der Waals surface area contributed by atoms with Gasteiger partial charge in [-0.25, -0.2) is 4.79 Å². The van der Waals surface area contributed by atoms with Crippen molar-refractivity contribution in [2.24, 2.45) is 28.1 Å². The molecule has 0 aromatic carbocycles. The minimum absolute atomic E-state index is 0.0759. The Kier molecular flexibility index (Phi) is 14.9. The zero-order valence-electron chi connectivity index (χ0n) is 20.1. The number of hydrogen-bond donors (Lipinski definition) is 8. The van der Waals surface area contributed by atoms with Gasteiger partial charge in [-0.3, -0.25) is 19.4 Å². The van der Waals surface area contributed by atoms with Crippen molar-refractivity contribution in [2.75, 3.05) is 18.6 Å². The monoisotopic (exact) mass is 505 g/mol. The Morgan fingerprint density at radius 3 is 2.00 bits per heavy atom. The molecule has 14 heteroatoms. The van der Waals surface area contributed by atoms with Crippen LogP contribution in [0.2, 0.25) is 0 Å². The lowest BCUT2D eigenvalue weighted by Gasteiger charge is -2.27. The van der Waals surface area contributed by atoms with Gasteiger partial charge in [0, 0.05) is 6.54 Å². The van der Waals surface area contributed by atoms with Crippen molar-refractivity contribution >= 4 is 41.4 Å². The topological polar surface area (TPSA) is 235 Å². The number of rotatable bonds is 16. The molecule has 5 unspecified atom stereocenters. The van der Waals surface area contributed by atoms with Crippen LogP contribution in [0.4, 0.5) is 0 Å². The molecule has 0 aliphatic heterocycles. The Hall–Kier alpha value is -2.58. The van der Waals surface area contributed by atoms with Crippen molar-refractivity contribution in [1.29, 1.82) is 0 Å². The molecular weight excluding hydrogens is 466 g/mol. The molecule has 0 spiro atoms. The molecule has 0 fully saturated rings. The average Bonchev–Trinajstić information content (AvgIpc) is 2.74. The number of aliphatic imine (C=N–C) groups is 1. The number of carbonyl (C=O) groups excluding carboxylic acids is 3. The molecule has 0 aliphatic rings.